The van der Waals surface area contributed by atoms with Crippen LogP contribution in [0.2, 0.25) is 0 Å². The molecule has 2 aromatic carbocycles. The number of aryl methyl sites for hydroxylation is 1. The van der Waals surface area contributed by atoms with E-state index < -0.39 is 0 Å². The number of phenolic OH excluding ortho intramolecular Hbond substituents is 1. The molecule has 9 heteroatoms. The molecule has 4 rings (SSSR count). The van der Waals surface area contributed by atoms with Gasteiger partial charge in [-0.1, -0.05) is 36.4 Å². The van der Waals surface area contributed by atoms with Crippen LogP contribution in [0, 0.1) is 6.92 Å². The first-order valence-electron chi connectivity index (χ1n) is 11.7. The Balaban J connectivity index is 1.49. The first-order chi connectivity index (χ1) is 16.9. The number of nitrogens with zero attached hydrogens (tertiary/aromatic N) is 4. The second-order valence-electron chi connectivity index (χ2n) is 8.51. The number of anilines is 2. The van der Waals surface area contributed by atoms with Crippen LogP contribution in [0.15, 0.2) is 54.6 Å². The highest BCUT2D eigenvalue weighted by atomic mass is 16.3. The van der Waals surface area contributed by atoms with Crippen molar-refractivity contribution in [2.75, 3.05) is 49.5 Å². The van der Waals surface area contributed by atoms with Gasteiger partial charge in [-0.25, -0.2) is 9.97 Å². The van der Waals surface area contributed by atoms with E-state index in [2.05, 4.69) is 20.5 Å². The van der Waals surface area contributed by atoms with Gasteiger partial charge in [0.1, 0.15) is 17.4 Å². The van der Waals surface area contributed by atoms with E-state index in [0.717, 1.165) is 16.9 Å². The van der Waals surface area contributed by atoms with E-state index >= 15 is 0 Å². The molecule has 0 radical (unpaired) electrons. The van der Waals surface area contributed by atoms with Crippen molar-refractivity contribution in [2.45, 2.75) is 13.8 Å². The summed E-state index contributed by atoms with van der Waals surface area (Å²) >= 11 is 0. The number of nitrogens with one attached hydrogen (secondary N) is 2. The fourth-order valence-electron chi connectivity index (χ4n) is 3.96. The van der Waals surface area contributed by atoms with Crippen molar-refractivity contribution in [3.8, 4) is 17.1 Å². The smallest absolute Gasteiger partial charge is 0.257 e. The van der Waals surface area contributed by atoms with Crippen LogP contribution in [0.1, 0.15) is 22.8 Å². The summed E-state index contributed by atoms with van der Waals surface area (Å²) in [5.41, 5.74) is 2.13. The number of piperazine rings is 1. The van der Waals surface area contributed by atoms with Gasteiger partial charge in [-0.3, -0.25) is 9.59 Å². The number of aromatic hydroxyl groups is 1. The van der Waals surface area contributed by atoms with Gasteiger partial charge >= 0.3 is 0 Å². The predicted octanol–water partition coefficient (Wildman–Crippen LogP) is 2.67. The lowest BCUT2D eigenvalue weighted by Crippen LogP contribution is -2.49. The van der Waals surface area contributed by atoms with Crippen molar-refractivity contribution in [1.82, 2.24) is 20.2 Å². The third-order valence-corrected chi connectivity index (χ3v) is 5.82. The van der Waals surface area contributed by atoms with Gasteiger partial charge in [0.15, 0.2) is 5.82 Å². The van der Waals surface area contributed by atoms with Crippen LogP contribution < -0.4 is 15.5 Å². The Labute approximate surface area is 204 Å². The average Bonchev–Trinajstić information content (AvgIpc) is 2.87. The van der Waals surface area contributed by atoms with Crippen molar-refractivity contribution in [3.63, 3.8) is 0 Å². The molecule has 2 heterocycles. The lowest BCUT2D eigenvalue weighted by molar-refractivity contribution is -0.118. The van der Waals surface area contributed by atoms with Crippen LogP contribution in [-0.2, 0) is 4.79 Å². The molecule has 0 bridgehead atoms. The number of rotatable bonds is 7. The minimum Gasteiger partial charge on any atom is -0.507 e. The van der Waals surface area contributed by atoms with Crippen molar-refractivity contribution < 1.29 is 14.7 Å². The first-order valence-corrected chi connectivity index (χ1v) is 11.7. The van der Waals surface area contributed by atoms with E-state index in [9.17, 15) is 14.7 Å². The number of amides is 2. The molecule has 3 aromatic rings. The van der Waals surface area contributed by atoms with E-state index in [0.29, 0.717) is 56.5 Å². The van der Waals surface area contributed by atoms with Crippen LogP contribution in [0.5, 0.6) is 5.75 Å². The molecule has 0 saturated carbocycles. The molecule has 0 spiro atoms. The van der Waals surface area contributed by atoms with Gasteiger partial charge in [0.25, 0.3) is 5.91 Å². The third-order valence-electron chi connectivity index (χ3n) is 5.82. The quantitative estimate of drug-likeness (QED) is 0.452. The third kappa shape index (κ3) is 6.06. The number of carbonyl (C=O) groups excluding carboxylic acids is 2. The standard InChI is InChI=1S/C26H30N6O3/c1-18-8-9-21(22(34)16-18)26(35)32-14-12-31(13-15-32)24-17-23(28-11-10-27-19(2)33)29-25(30-24)20-6-4-3-5-7-20/h3-9,16-17,34H,10-15H2,1-2H3,(H,27,33)(H,28,29,30). The summed E-state index contributed by atoms with van der Waals surface area (Å²) in [5.74, 6) is 1.80. The zero-order valence-electron chi connectivity index (χ0n) is 20.0. The summed E-state index contributed by atoms with van der Waals surface area (Å²) in [7, 11) is 0. The van der Waals surface area contributed by atoms with Gasteiger partial charge in [0.05, 0.1) is 5.56 Å². The Morgan fingerprint density at radius 1 is 0.971 bits per heavy atom. The van der Waals surface area contributed by atoms with Crippen LogP contribution >= 0.6 is 0 Å². The summed E-state index contributed by atoms with van der Waals surface area (Å²) < 4.78 is 0. The lowest BCUT2D eigenvalue weighted by Gasteiger charge is -2.35. The Bertz CT molecular complexity index is 1190. The molecule has 182 valence electrons. The summed E-state index contributed by atoms with van der Waals surface area (Å²) in [6.07, 6.45) is 0. The predicted molar refractivity (Wildman–Crippen MR) is 136 cm³/mol. The molecule has 3 N–H and O–H groups in total. The van der Waals surface area contributed by atoms with Crippen LogP contribution in [0.25, 0.3) is 11.4 Å². The summed E-state index contributed by atoms with van der Waals surface area (Å²) in [4.78, 5) is 37.4. The van der Waals surface area contributed by atoms with Crippen LogP contribution in [0.3, 0.4) is 0 Å². The highest BCUT2D eigenvalue weighted by Gasteiger charge is 2.25. The maximum Gasteiger partial charge on any atom is 0.257 e. The molecule has 1 fully saturated rings. The van der Waals surface area contributed by atoms with Crippen molar-refractivity contribution in [1.29, 1.82) is 0 Å². The van der Waals surface area contributed by atoms with E-state index in [4.69, 9.17) is 4.98 Å². The van der Waals surface area contributed by atoms with E-state index in [1.165, 1.54) is 6.92 Å². The molecule has 1 saturated heterocycles. The first kappa shape index (κ1) is 24.0. The molecule has 0 atom stereocenters. The molecular weight excluding hydrogens is 444 g/mol. The minimum atomic E-state index is -0.171. The number of hydrogen-bond acceptors (Lipinski definition) is 7. The van der Waals surface area contributed by atoms with Crippen molar-refractivity contribution >= 4 is 23.5 Å². The van der Waals surface area contributed by atoms with E-state index in [-0.39, 0.29) is 17.6 Å². The number of hydrogen-bond donors (Lipinski definition) is 3. The summed E-state index contributed by atoms with van der Waals surface area (Å²) in [5, 5.41) is 16.2. The van der Waals surface area contributed by atoms with Gasteiger partial charge in [-0.05, 0) is 24.6 Å². The molecule has 1 aromatic heterocycles. The van der Waals surface area contributed by atoms with Gasteiger partial charge in [0.2, 0.25) is 5.91 Å². The molecule has 9 nitrogen and oxygen atoms in total. The number of benzene rings is 2. The molecule has 35 heavy (non-hydrogen) atoms. The fraction of sp³-hybridized carbons (Fsp3) is 0.308. The largest absolute Gasteiger partial charge is 0.507 e. The van der Waals surface area contributed by atoms with Crippen molar-refractivity contribution in [3.05, 3.63) is 65.7 Å². The van der Waals surface area contributed by atoms with Crippen molar-refractivity contribution in [2.24, 2.45) is 0 Å². The van der Waals surface area contributed by atoms with Crippen LogP contribution in [0.4, 0.5) is 11.6 Å². The second-order valence-corrected chi connectivity index (χ2v) is 8.51. The Kier molecular flexibility index (Phi) is 7.45. The zero-order valence-corrected chi connectivity index (χ0v) is 20.0. The molecule has 1 aliphatic heterocycles. The summed E-state index contributed by atoms with van der Waals surface area (Å²) in [6, 6.07) is 16.8. The Morgan fingerprint density at radius 3 is 2.40 bits per heavy atom. The maximum atomic E-state index is 12.9. The Morgan fingerprint density at radius 2 is 1.71 bits per heavy atom. The number of phenols is 1. The maximum absolute atomic E-state index is 12.9. The second kappa shape index (κ2) is 10.9. The highest BCUT2D eigenvalue weighted by Crippen LogP contribution is 2.25. The summed E-state index contributed by atoms with van der Waals surface area (Å²) in [6.45, 7) is 6.63. The zero-order chi connectivity index (χ0) is 24.8. The minimum absolute atomic E-state index is 0.00992. The van der Waals surface area contributed by atoms with Crippen LogP contribution in [-0.4, -0.2) is 71.1 Å². The number of aromatic nitrogens is 2. The molecular formula is C26H30N6O3. The van der Waals surface area contributed by atoms with Gasteiger partial charge in [-0.15, -0.1) is 0 Å². The topological polar surface area (TPSA) is 111 Å². The average molecular weight is 475 g/mol. The lowest BCUT2D eigenvalue weighted by atomic mass is 10.1. The monoisotopic (exact) mass is 474 g/mol. The number of carbonyl (C=O) groups is 2. The molecule has 2 amide bonds. The van der Waals surface area contributed by atoms with Gasteiger partial charge in [-0.2, -0.15) is 0 Å². The normalized spacial score (nSPS) is 13.4. The SMILES string of the molecule is CC(=O)NCCNc1cc(N2CCN(C(=O)c3ccc(C)cc3O)CC2)nc(-c2ccccc2)n1. The van der Waals surface area contributed by atoms with Gasteiger partial charge in [0, 0.05) is 57.8 Å². The van der Waals surface area contributed by atoms with E-state index in [1.807, 2.05) is 49.4 Å². The van der Waals surface area contributed by atoms with Gasteiger partial charge < -0.3 is 25.5 Å². The highest BCUT2D eigenvalue weighted by molar-refractivity contribution is 5.97. The molecule has 0 aliphatic carbocycles. The fourth-order valence-corrected chi connectivity index (χ4v) is 3.96. The Hall–Kier alpha value is -4.14. The van der Waals surface area contributed by atoms with E-state index in [1.54, 1.807) is 17.0 Å². The molecule has 0 unspecified atom stereocenters. The molecule has 1 aliphatic rings.